The molecule has 0 aliphatic rings. The summed E-state index contributed by atoms with van der Waals surface area (Å²) in [4.78, 5) is 0. The maximum atomic E-state index is 5.29. The van der Waals surface area contributed by atoms with Crippen LogP contribution in [-0.4, -0.2) is 30.9 Å². The molecular formula is C15H15BrN6S. The molecule has 118 valence electrons. The minimum Gasteiger partial charge on any atom is -0.272 e. The van der Waals surface area contributed by atoms with Crippen molar-refractivity contribution >= 4 is 34.4 Å². The average molecular weight is 391 g/mol. The highest BCUT2D eigenvalue weighted by Crippen LogP contribution is 2.21. The van der Waals surface area contributed by atoms with E-state index in [1.165, 1.54) is 0 Å². The molecule has 6 nitrogen and oxygen atoms in total. The van der Waals surface area contributed by atoms with Crippen LogP contribution in [0.3, 0.4) is 0 Å². The smallest absolute Gasteiger partial charge is 0.216 e. The average Bonchev–Trinajstić information content (AvgIpc) is 2.98. The fraction of sp³-hybridized carbons (Fsp3) is 0.200. The second-order valence-corrected chi connectivity index (χ2v) is 6.43. The fourth-order valence-corrected chi connectivity index (χ4v) is 2.88. The molecule has 3 rings (SSSR count). The lowest BCUT2D eigenvalue weighted by Gasteiger charge is -2.01. The Balaban J connectivity index is 2.06. The lowest BCUT2D eigenvalue weighted by Crippen LogP contribution is -1.97. The molecule has 0 spiro atoms. The van der Waals surface area contributed by atoms with E-state index in [0.717, 1.165) is 27.0 Å². The molecule has 8 heteroatoms. The second-order valence-electron chi connectivity index (χ2n) is 5.13. The third-order valence-electron chi connectivity index (χ3n) is 3.60. The van der Waals surface area contributed by atoms with Crippen LogP contribution in [0.25, 0.3) is 11.4 Å². The molecule has 2 aromatic heterocycles. The van der Waals surface area contributed by atoms with E-state index in [-0.39, 0.29) is 0 Å². The van der Waals surface area contributed by atoms with Crippen LogP contribution >= 0.6 is 28.1 Å². The Labute approximate surface area is 147 Å². The molecule has 0 atom stereocenters. The Kier molecular flexibility index (Phi) is 4.27. The summed E-state index contributed by atoms with van der Waals surface area (Å²) >= 11 is 8.76. The first-order valence-electron chi connectivity index (χ1n) is 6.95. The molecule has 3 aromatic rings. The van der Waals surface area contributed by atoms with Crippen LogP contribution in [0, 0.1) is 18.6 Å². The van der Waals surface area contributed by atoms with Crippen molar-refractivity contribution in [2.24, 2.45) is 12.1 Å². The SMILES string of the molecule is Cc1nn(C)c(C)c1/C=N\n1c(-c2cccc(Br)c2)n[nH]c1=S. The Morgan fingerprint density at radius 3 is 2.78 bits per heavy atom. The summed E-state index contributed by atoms with van der Waals surface area (Å²) in [6.07, 6.45) is 1.77. The number of hydrogen-bond acceptors (Lipinski definition) is 4. The predicted molar refractivity (Wildman–Crippen MR) is 96.2 cm³/mol. The molecule has 0 unspecified atom stereocenters. The van der Waals surface area contributed by atoms with Gasteiger partial charge in [0.15, 0.2) is 5.82 Å². The van der Waals surface area contributed by atoms with E-state index in [4.69, 9.17) is 12.2 Å². The van der Waals surface area contributed by atoms with E-state index >= 15 is 0 Å². The minimum atomic E-state index is 0.440. The summed E-state index contributed by atoms with van der Waals surface area (Å²) < 4.78 is 4.86. The van der Waals surface area contributed by atoms with Crippen molar-refractivity contribution in [3.8, 4) is 11.4 Å². The molecule has 0 saturated heterocycles. The zero-order valence-corrected chi connectivity index (χ0v) is 15.3. The number of nitrogens with zero attached hydrogens (tertiary/aromatic N) is 5. The van der Waals surface area contributed by atoms with Gasteiger partial charge in [0.05, 0.1) is 11.9 Å². The van der Waals surface area contributed by atoms with Crippen LogP contribution in [0.2, 0.25) is 0 Å². The van der Waals surface area contributed by atoms with Crippen molar-refractivity contribution in [2.45, 2.75) is 13.8 Å². The van der Waals surface area contributed by atoms with Crippen molar-refractivity contribution in [1.29, 1.82) is 0 Å². The van der Waals surface area contributed by atoms with Gasteiger partial charge >= 0.3 is 0 Å². The highest BCUT2D eigenvalue weighted by molar-refractivity contribution is 9.10. The van der Waals surface area contributed by atoms with E-state index in [2.05, 4.69) is 36.3 Å². The first-order chi connectivity index (χ1) is 11.0. The van der Waals surface area contributed by atoms with Gasteiger partial charge < -0.3 is 0 Å². The van der Waals surface area contributed by atoms with Gasteiger partial charge in [-0.25, -0.2) is 5.10 Å². The summed E-state index contributed by atoms with van der Waals surface area (Å²) in [5.74, 6) is 0.659. The first-order valence-corrected chi connectivity index (χ1v) is 8.15. The van der Waals surface area contributed by atoms with Gasteiger partial charge in [-0.2, -0.15) is 20.0 Å². The molecule has 1 aromatic carbocycles. The van der Waals surface area contributed by atoms with Gasteiger partial charge in [-0.15, -0.1) is 0 Å². The number of hydrogen-bond donors (Lipinski definition) is 1. The van der Waals surface area contributed by atoms with E-state index < -0.39 is 0 Å². The quantitative estimate of drug-likeness (QED) is 0.548. The van der Waals surface area contributed by atoms with E-state index in [9.17, 15) is 0 Å². The van der Waals surface area contributed by atoms with Crippen LogP contribution in [0.4, 0.5) is 0 Å². The van der Waals surface area contributed by atoms with Crippen LogP contribution in [0.5, 0.6) is 0 Å². The third kappa shape index (κ3) is 3.04. The molecule has 0 aliphatic carbocycles. The number of aromatic nitrogens is 5. The topological polar surface area (TPSA) is 63.8 Å². The molecule has 0 radical (unpaired) electrons. The highest BCUT2D eigenvalue weighted by Gasteiger charge is 2.10. The number of aryl methyl sites for hydroxylation is 2. The molecular weight excluding hydrogens is 376 g/mol. The van der Waals surface area contributed by atoms with E-state index in [0.29, 0.717) is 10.6 Å². The van der Waals surface area contributed by atoms with Gasteiger partial charge in [0.2, 0.25) is 4.77 Å². The number of halogens is 1. The molecule has 0 aliphatic heterocycles. The highest BCUT2D eigenvalue weighted by atomic mass is 79.9. The van der Waals surface area contributed by atoms with Crippen molar-refractivity contribution < 1.29 is 0 Å². The summed E-state index contributed by atoms with van der Waals surface area (Å²) in [6, 6.07) is 7.83. The molecule has 0 saturated carbocycles. The summed E-state index contributed by atoms with van der Waals surface area (Å²) in [5.41, 5.74) is 3.87. The van der Waals surface area contributed by atoms with Crippen molar-refractivity contribution in [3.05, 3.63) is 50.5 Å². The van der Waals surface area contributed by atoms with Gasteiger partial charge in [-0.1, -0.05) is 28.1 Å². The third-order valence-corrected chi connectivity index (χ3v) is 4.36. The molecule has 2 heterocycles. The van der Waals surface area contributed by atoms with Crippen LogP contribution in [0.1, 0.15) is 17.0 Å². The number of aromatic amines is 1. The Bertz CT molecular complexity index is 949. The Morgan fingerprint density at radius 1 is 1.35 bits per heavy atom. The number of nitrogens with one attached hydrogen (secondary N) is 1. The maximum Gasteiger partial charge on any atom is 0.216 e. The second kappa shape index (κ2) is 6.21. The molecule has 0 bridgehead atoms. The van der Waals surface area contributed by atoms with Crippen molar-refractivity contribution in [2.75, 3.05) is 0 Å². The van der Waals surface area contributed by atoms with Gasteiger partial charge in [0.25, 0.3) is 0 Å². The number of rotatable bonds is 3. The van der Waals surface area contributed by atoms with Gasteiger partial charge in [-0.3, -0.25) is 4.68 Å². The largest absolute Gasteiger partial charge is 0.272 e. The van der Waals surface area contributed by atoms with E-state index in [1.54, 1.807) is 10.9 Å². The van der Waals surface area contributed by atoms with Crippen molar-refractivity contribution in [3.63, 3.8) is 0 Å². The van der Waals surface area contributed by atoms with Crippen molar-refractivity contribution in [1.82, 2.24) is 24.7 Å². The minimum absolute atomic E-state index is 0.440. The maximum absolute atomic E-state index is 5.29. The number of benzene rings is 1. The van der Waals surface area contributed by atoms with Gasteiger partial charge in [0.1, 0.15) is 0 Å². The summed E-state index contributed by atoms with van der Waals surface area (Å²) in [5, 5.41) is 16.0. The zero-order valence-electron chi connectivity index (χ0n) is 12.9. The molecule has 1 N–H and O–H groups in total. The summed E-state index contributed by atoms with van der Waals surface area (Å²) in [6.45, 7) is 3.96. The fourth-order valence-electron chi connectivity index (χ4n) is 2.31. The molecule has 0 amide bonds. The van der Waals surface area contributed by atoms with Crippen LogP contribution in [0.15, 0.2) is 33.8 Å². The molecule has 0 fully saturated rings. The molecule has 23 heavy (non-hydrogen) atoms. The normalized spacial score (nSPS) is 11.5. The van der Waals surface area contributed by atoms with E-state index in [1.807, 2.05) is 49.8 Å². The van der Waals surface area contributed by atoms with Crippen LogP contribution < -0.4 is 0 Å². The van der Waals surface area contributed by atoms with Gasteiger partial charge in [-0.05, 0) is 38.2 Å². The first kappa shape index (κ1) is 15.8. The van der Waals surface area contributed by atoms with Crippen LogP contribution in [-0.2, 0) is 7.05 Å². The standard InChI is InChI=1S/C15H15BrN6S/c1-9-13(10(2)21(3)20-9)8-17-22-14(18-19-15(22)23)11-5-4-6-12(16)7-11/h4-8H,1-3H3,(H,19,23)/b17-8-. The lowest BCUT2D eigenvalue weighted by atomic mass is 10.2. The zero-order chi connectivity index (χ0) is 16.6. The Morgan fingerprint density at radius 2 is 2.13 bits per heavy atom. The number of H-pyrrole nitrogens is 1. The van der Waals surface area contributed by atoms with Gasteiger partial charge in [0, 0.05) is 28.3 Å². The monoisotopic (exact) mass is 390 g/mol. The lowest BCUT2D eigenvalue weighted by molar-refractivity contribution is 0.731. The Hall–Kier alpha value is -2.06. The summed E-state index contributed by atoms with van der Waals surface area (Å²) in [7, 11) is 1.91. The predicted octanol–water partition coefficient (Wildman–Crippen LogP) is 3.60.